The van der Waals surface area contributed by atoms with E-state index >= 15 is 0 Å². The van der Waals surface area contributed by atoms with Crippen LogP contribution in [0.25, 0.3) is 0 Å². The highest BCUT2D eigenvalue weighted by Crippen LogP contribution is 2.12. The zero-order chi connectivity index (χ0) is 16.1. The molecule has 1 N–H and O–H groups in total. The quantitative estimate of drug-likeness (QED) is 0.364. The summed E-state index contributed by atoms with van der Waals surface area (Å²) in [5.74, 6) is -0.417. The molecule has 6 nitrogen and oxygen atoms in total. The number of hydrogen-bond acceptors (Lipinski definition) is 4. The molecule has 0 fully saturated rings. The van der Waals surface area contributed by atoms with Gasteiger partial charge in [0.25, 0.3) is 11.6 Å². The summed E-state index contributed by atoms with van der Waals surface area (Å²) in [6.07, 6.45) is 0. The molecule has 0 aromatic heterocycles. The number of hydrazone groups is 1. The fourth-order valence-corrected chi connectivity index (χ4v) is 2.05. The molecule has 0 aliphatic rings. The highest BCUT2D eigenvalue weighted by Gasteiger charge is 2.09. The Morgan fingerprint density at radius 3 is 2.18 bits per heavy atom. The number of nitro benzene ring substituents is 1. The van der Waals surface area contributed by atoms with Crippen molar-refractivity contribution in [2.45, 2.75) is 6.92 Å². The van der Waals surface area contributed by atoms with E-state index in [1.807, 2.05) is 24.3 Å². The molecule has 7 heteroatoms. The van der Waals surface area contributed by atoms with Crippen LogP contribution in [0.4, 0.5) is 5.69 Å². The molecule has 0 bridgehead atoms. The highest BCUT2D eigenvalue weighted by molar-refractivity contribution is 14.1. The number of carbonyl (C=O) groups excluding carboxylic acids is 1. The topological polar surface area (TPSA) is 84.6 Å². The third-order valence-electron chi connectivity index (χ3n) is 2.93. The number of hydrogen-bond donors (Lipinski definition) is 1. The molecule has 0 aliphatic heterocycles. The highest BCUT2D eigenvalue weighted by atomic mass is 127. The Morgan fingerprint density at radius 2 is 1.64 bits per heavy atom. The van der Waals surface area contributed by atoms with Gasteiger partial charge < -0.3 is 0 Å². The van der Waals surface area contributed by atoms with Crippen molar-refractivity contribution in [1.82, 2.24) is 5.43 Å². The van der Waals surface area contributed by atoms with Crippen LogP contribution in [-0.4, -0.2) is 16.5 Å². The number of benzene rings is 2. The van der Waals surface area contributed by atoms with E-state index in [1.165, 1.54) is 24.3 Å². The molecule has 0 spiro atoms. The fourth-order valence-electron chi connectivity index (χ4n) is 1.69. The van der Waals surface area contributed by atoms with Crippen LogP contribution in [0.1, 0.15) is 22.8 Å². The lowest BCUT2D eigenvalue weighted by atomic mass is 10.1. The number of rotatable bonds is 4. The molecule has 0 radical (unpaired) electrons. The zero-order valence-corrected chi connectivity index (χ0v) is 13.8. The molecule has 22 heavy (non-hydrogen) atoms. The lowest BCUT2D eigenvalue weighted by molar-refractivity contribution is -0.384. The maximum atomic E-state index is 11.9. The lowest BCUT2D eigenvalue weighted by Crippen LogP contribution is -2.19. The van der Waals surface area contributed by atoms with E-state index in [0.717, 1.165) is 9.13 Å². The Bertz CT molecular complexity index is 725. The summed E-state index contributed by atoms with van der Waals surface area (Å²) in [4.78, 5) is 22.0. The van der Waals surface area contributed by atoms with E-state index in [-0.39, 0.29) is 5.69 Å². The van der Waals surface area contributed by atoms with Crippen LogP contribution in [0.5, 0.6) is 0 Å². The predicted octanol–water partition coefficient (Wildman–Crippen LogP) is 3.35. The van der Waals surface area contributed by atoms with E-state index in [0.29, 0.717) is 11.3 Å². The van der Waals surface area contributed by atoms with Crippen molar-refractivity contribution in [3.05, 3.63) is 73.3 Å². The Labute approximate surface area is 140 Å². The molecule has 0 atom stereocenters. The summed E-state index contributed by atoms with van der Waals surface area (Å²) in [5, 5.41) is 14.6. The Morgan fingerprint density at radius 1 is 1.09 bits per heavy atom. The number of halogens is 1. The average Bonchev–Trinajstić information content (AvgIpc) is 2.53. The van der Waals surface area contributed by atoms with Gasteiger partial charge in [0, 0.05) is 21.3 Å². The largest absolute Gasteiger partial charge is 0.271 e. The van der Waals surface area contributed by atoms with Crippen LogP contribution in [-0.2, 0) is 0 Å². The van der Waals surface area contributed by atoms with Crippen molar-refractivity contribution >= 4 is 39.9 Å². The van der Waals surface area contributed by atoms with E-state index in [4.69, 9.17) is 0 Å². The van der Waals surface area contributed by atoms with Gasteiger partial charge in [0.05, 0.1) is 10.6 Å². The molecular weight excluding hydrogens is 397 g/mol. The summed E-state index contributed by atoms with van der Waals surface area (Å²) in [6, 6.07) is 13.1. The number of nitro groups is 1. The van der Waals surface area contributed by atoms with Crippen molar-refractivity contribution in [2.24, 2.45) is 5.10 Å². The number of nitrogens with one attached hydrogen (secondary N) is 1. The molecule has 0 heterocycles. The van der Waals surface area contributed by atoms with Gasteiger partial charge in [-0.2, -0.15) is 5.10 Å². The van der Waals surface area contributed by atoms with Crippen LogP contribution in [0.15, 0.2) is 53.6 Å². The maximum absolute atomic E-state index is 11.9. The van der Waals surface area contributed by atoms with Crippen LogP contribution < -0.4 is 5.43 Å². The first-order valence-electron chi connectivity index (χ1n) is 6.32. The minimum Gasteiger partial charge on any atom is -0.267 e. The van der Waals surface area contributed by atoms with Crippen molar-refractivity contribution in [1.29, 1.82) is 0 Å². The smallest absolute Gasteiger partial charge is 0.267 e. The van der Waals surface area contributed by atoms with Crippen molar-refractivity contribution in [2.75, 3.05) is 0 Å². The zero-order valence-electron chi connectivity index (χ0n) is 11.6. The maximum Gasteiger partial charge on any atom is 0.271 e. The summed E-state index contributed by atoms with van der Waals surface area (Å²) in [5.41, 5.74) is 4.27. The number of nitrogens with zero attached hydrogens (tertiary/aromatic N) is 2. The van der Waals surface area contributed by atoms with Gasteiger partial charge in [0.1, 0.15) is 0 Å². The third kappa shape index (κ3) is 4.10. The van der Waals surface area contributed by atoms with Gasteiger partial charge in [-0.3, -0.25) is 14.9 Å². The molecule has 0 unspecified atom stereocenters. The van der Waals surface area contributed by atoms with Gasteiger partial charge in [-0.25, -0.2) is 5.43 Å². The fraction of sp³-hybridized carbons (Fsp3) is 0.0667. The van der Waals surface area contributed by atoms with Gasteiger partial charge in [0.15, 0.2) is 0 Å². The first-order chi connectivity index (χ1) is 10.5. The molecule has 0 aliphatic carbocycles. The second kappa shape index (κ2) is 7.12. The first kappa shape index (κ1) is 16.1. The molecule has 1 amide bonds. The van der Waals surface area contributed by atoms with Crippen molar-refractivity contribution in [3.8, 4) is 0 Å². The van der Waals surface area contributed by atoms with Crippen LogP contribution in [0.3, 0.4) is 0 Å². The van der Waals surface area contributed by atoms with E-state index in [2.05, 4.69) is 33.1 Å². The van der Waals surface area contributed by atoms with Gasteiger partial charge in [-0.15, -0.1) is 0 Å². The second-order valence-corrected chi connectivity index (χ2v) is 5.69. The van der Waals surface area contributed by atoms with Crippen molar-refractivity contribution < 1.29 is 9.72 Å². The Balaban J connectivity index is 2.06. The SMILES string of the molecule is C/C(=N/NC(=O)c1ccc([N+](=O)[O-])cc1)c1ccc(I)cc1. The average molecular weight is 409 g/mol. The van der Waals surface area contributed by atoms with Gasteiger partial charge >= 0.3 is 0 Å². The van der Waals surface area contributed by atoms with Crippen molar-refractivity contribution in [3.63, 3.8) is 0 Å². The molecule has 0 saturated heterocycles. The number of non-ortho nitro benzene ring substituents is 1. The predicted molar refractivity (Wildman–Crippen MR) is 91.9 cm³/mol. The summed E-state index contributed by atoms with van der Waals surface area (Å²) in [6.45, 7) is 1.79. The Kier molecular flexibility index (Phi) is 5.21. The molecule has 0 saturated carbocycles. The van der Waals surface area contributed by atoms with E-state index in [9.17, 15) is 14.9 Å². The second-order valence-electron chi connectivity index (χ2n) is 4.45. The Hall–Kier alpha value is -2.29. The molecule has 2 aromatic carbocycles. The molecule has 112 valence electrons. The minimum absolute atomic E-state index is 0.0601. The van der Waals surface area contributed by atoms with Crippen LogP contribution >= 0.6 is 22.6 Å². The van der Waals surface area contributed by atoms with Crippen LogP contribution in [0.2, 0.25) is 0 Å². The minimum atomic E-state index is -0.513. The number of carbonyl (C=O) groups is 1. The monoisotopic (exact) mass is 409 g/mol. The number of amides is 1. The summed E-state index contributed by atoms with van der Waals surface area (Å²) >= 11 is 2.21. The van der Waals surface area contributed by atoms with E-state index in [1.54, 1.807) is 6.92 Å². The van der Waals surface area contributed by atoms with Gasteiger partial charge in [0.2, 0.25) is 0 Å². The normalized spacial score (nSPS) is 11.1. The third-order valence-corrected chi connectivity index (χ3v) is 3.65. The van der Waals surface area contributed by atoms with E-state index < -0.39 is 10.8 Å². The summed E-state index contributed by atoms with van der Waals surface area (Å²) in [7, 11) is 0. The molecule has 2 rings (SSSR count). The lowest BCUT2D eigenvalue weighted by Gasteiger charge is -2.03. The standard InChI is InChI=1S/C15H12IN3O3/c1-10(11-2-6-13(16)7-3-11)17-18-15(20)12-4-8-14(9-5-12)19(21)22/h2-9H,1H3,(H,18,20)/b17-10-. The van der Waals surface area contributed by atoms with Gasteiger partial charge in [-0.05, 0) is 59.3 Å². The molecule has 2 aromatic rings. The van der Waals surface area contributed by atoms with Gasteiger partial charge in [-0.1, -0.05) is 12.1 Å². The molecular formula is C15H12IN3O3. The summed E-state index contributed by atoms with van der Waals surface area (Å²) < 4.78 is 1.11. The first-order valence-corrected chi connectivity index (χ1v) is 7.40. The van der Waals surface area contributed by atoms with Crippen LogP contribution in [0, 0.1) is 13.7 Å².